The number of hydrogen-bond donors (Lipinski definition) is 1. The highest BCUT2D eigenvalue weighted by Crippen LogP contribution is 2.20. The van der Waals surface area contributed by atoms with Gasteiger partial charge in [-0.25, -0.2) is 0 Å². The Hall–Kier alpha value is -0.900. The van der Waals surface area contributed by atoms with Crippen LogP contribution in [0.2, 0.25) is 0 Å². The van der Waals surface area contributed by atoms with Gasteiger partial charge in [-0.15, -0.1) is 5.10 Å². The summed E-state index contributed by atoms with van der Waals surface area (Å²) < 4.78 is 5.30. The van der Waals surface area contributed by atoms with Crippen LogP contribution >= 0.6 is 0 Å². The monoisotopic (exact) mass is 181 g/mol. The van der Waals surface area contributed by atoms with Crippen LogP contribution in [-0.2, 0) is 4.74 Å². The van der Waals surface area contributed by atoms with E-state index in [-0.39, 0.29) is 0 Å². The maximum atomic E-state index is 5.54. The first-order valence-electron chi connectivity index (χ1n) is 4.83. The fraction of sp³-hybridized carbons (Fsp3) is 0.778. The molecule has 0 bridgehead atoms. The minimum Gasteiger partial charge on any atom is -0.386 e. The molecule has 0 aromatic rings. The van der Waals surface area contributed by atoms with Gasteiger partial charge in [-0.3, -0.25) is 0 Å². The smallest absolute Gasteiger partial charge is 0.122 e. The summed E-state index contributed by atoms with van der Waals surface area (Å²) in [6.45, 7) is 1.73. The molecule has 1 saturated heterocycles. The molecule has 0 aliphatic carbocycles. The van der Waals surface area contributed by atoms with E-state index < -0.39 is 0 Å². The minimum atomic E-state index is 0.589. The average molecular weight is 181 g/mol. The highest BCUT2D eigenvalue weighted by Gasteiger charge is 2.21. The molecule has 2 N–H and O–H groups in total. The first kappa shape index (κ1) is 8.69. The maximum absolute atomic E-state index is 5.54. The van der Waals surface area contributed by atoms with Crippen LogP contribution in [0, 0.1) is 5.92 Å². The first-order chi connectivity index (χ1) is 6.36. The number of nitrogens with zero attached hydrogens (tertiary/aromatic N) is 2. The summed E-state index contributed by atoms with van der Waals surface area (Å²) in [7, 11) is 0. The Morgan fingerprint density at radius 1 is 1.15 bits per heavy atom. The van der Waals surface area contributed by atoms with E-state index >= 15 is 0 Å². The Labute approximate surface area is 77.9 Å². The molecule has 0 aromatic carbocycles. The normalized spacial score (nSPS) is 25.2. The van der Waals surface area contributed by atoms with Crippen molar-refractivity contribution in [1.82, 2.24) is 0 Å². The quantitative estimate of drug-likeness (QED) is 0.654. The van der Waals surface area contributed by atoms with Crippen molar-refractivity contribution >= 4 is 11.5 Å². The van der Waals surface area contributed by atoms with E-state index in [0.29, 0.717) is 11.8 Å². The van der Waals surface area contributed by atoms with E-state index in [1.165, 1.54) is 5.71 Å². The molecule has 0 spiro atoms. The zero-order chi connectivity index (χ0) is 9.10. The first-order valence-corrected chi connectivity index (χ1v) is 4.83. The van der Waals surface area contributed by atoms with Crippen LogP contribution in [0.4, 0.5) is 0 Å². The van der Waals surface area contributed by atoms with E-state index in [0.717, 1.165) is 38.9 Å². The molecule has 2 aliphatic heterocycles. The van der Waals surface area contributed by atoms with Crippen molar-refractivity contribution in [2.75, 3.05) is 13.2 Å². The predicted octanol–water partition coefficient (Wildman–Crippen LogP) is 0.920. The lowest BCUT2D eigenvalue weighted by molar-refractivity contribution is 0.0823. The third-order valence-corrected chi connectivity index (χ3v) is 2.64. The van der Waals surface area contributed by atoms with Gasteiger partial charge in [-0.05, 0) is 19.3 Å². The molecule has 0 saturated carbocycles. The standard InChI is InChI=1S/C9H15N3O/c10-9-2-1-8(11-12-9)7-3-5-13-6-4-7/h7H,1-6H2,(H2,10,12). The van der Waals surface area contributed by atoms with Crippen LogP contribution in [0.5, 0.6) is 0 Å². The van der Waals surface area contributed by atoms with E-state index in [1.54, 1.807) is 0 Å². The van der Waals surface area contributed by atoms with Gasteiger partial charge in [0.05, 0.1) is 0 Å². The summed E-state index contributed by atoms with van der Waals surface area (Å²) in [4.78, 5) is 0. The third-order valence-electron chi connectivity index (χ3n) is 2.64. The zero-order valence-electron chi connectivity index (χ0n) is 7.70. The summed E-state index contributed by atoms with van der Waals surface area (Å²) in [5.41, 5.74) is 6.76. The number of rotatable bonds is 1. The topological polar surface area (TPSA) is 60.0 Å². The summed E-state index contributed by atoms with van der Waals surface area (Å²) >= 11 is 0. The summed E-state index contributed by atoms with van der Waals surface area (Å²) in [6, 6.07) is 0. The number of ether oxygens (including phenoxy) is 1. The highest BCUT2D eigenvalue weighted by molar-refractivity contribution is 5.94. The minimum absolute atomic E-state index is 0.589. The molecule has 72 valence electrons. The highest BCUT2D eigenvalue weighted by atomic mass is 16.5. The van der Waals surface area contributed by atoms with Crippen molar-refractivity contribution in [3.63, 3.8) is 0 Å². The fourth-order valence-corrected chi connectivity index (χ4v) is 1.80. The number of amidine groups is 1. The summed E-state index contributed by atoms with van der Waals surface area (Å²) in [5.74, 6) is 1.25. The molecule has 1 fully saturated rings. The van der Waals surface area contributed by atoms with Gasteiger partial charge in [-0.2, -0.15) is 5.10 Å². The van der Waals surface area contributed by atoms with Crippen molar-refractivity contribution in [1.29, 1.82) is 0 Å². The molecular weight excluding hydrogens is 166 g/mol. The Morgan fingerprint density at radius 3 is 2.54 bits per heavy atom. The van der Waals surface area contributed by atoms with Crippen molar-refractivity contribution in [3.05, 3.63) is 0 Å². The Bertz CT molecular complexity index is 241. The van der Waals surface area contributed by atoms with Gasteiger partial charge in [0.2, 0.25) is 0 Å². The molecule has 4 heteroatoms. The van der Waals surface area contributed by atoms with Gasteiger partial charge >= 0.3 is 0 Å². The van der Waals surface area contributed by atoms with Crippen molar-refractivity contribution in [2.24, 2.45) is 21.9 Å². The second-order valence-corrected chi connectivity index (χ2v) is 3.57. The Balaban J connectivity index is 1.99. The van der Waals surface area contributed by atoms with Crippen LogP contribution in [0.15, 0.2) is 10.2 Å². The van der Waals surface area contributed by atoms with E-state index in [9.17, 15) is 0 Å². The molecule has 2 aliphatic rings. The van der Waals surface area contributed by atoms with Crippen molar-refractivity contribution < 1.29 is 4.74 Å². The van der Waals surface area contributed by atoms with Gasteiger partial charge < -0.3 is 10.5 Å². The van der Waals surface area contributed by atoms with Crippen molar-refractivity contribution in [3.8, 4) is 0 Å². The molecule has 4 nitrogen and oxygen atoms in total. The lowest BCUT2D eigenvalue weighted by Crippen LogP contribution is -2.27. The maximum Gasteiger partial charge on any atom is 0.122 e. The molecule has 0 amide bonds. The number of hydrogen-bond acceptors (Lipinski definition) is 4. The van der Waals surface area contributed by atoms with Crippen LogP contribution in [-0.4, -0.2) is 24.8 Å². The predicted molar refractivity (Wildman–Crippen MR) is 51.8 cm³/mol. The van der Waals surface area contributed by atoms with Crippen molar-refractivity contribution in [2.45, 2.75) is 25.7 Å². The largest absolute Gasteiger partial charge is 0.386 e. The Morgan fingerprint density at radius 2 is 1.92 bits per heavy atom. The second-order valence-electron chi connectivity index (χ2n) is 3.57. The SMILES string of the molecule is NC1=NN=C(C2CCOCC2)CC1. The molecule has 0 atom stereocenters. The molecule has 2 rings (SSSR count). The van der Waals surface area contributed by atoms with Gasteiger partial charge in [0, 0.05) is 31.3 Å². The molecule has 0 aromatic heterocycles. The fourth-order valence-electron chi connectivity index (χ4n) is 1.80. The van der Waals surface area contributed by atoms with Crippen LogP contribution in [0.25, 0.3) is 0 Å². The summed E-state index contributed by atoms with van der Waals surface area (Å²) in [6.07, 6.45) is 4.04. The molecular formula is C9H15N3O. The lowest BCUT2D eigenvalue weighted by Gasteiger charge is -2.24. The lowest BCUT2D eigenvalue weighted by atomic mass is 9.91. The molecule has 2 heterocycles. The van der Waals surface area contributed by atoms with Crippen LogP contribution in [0.1, 0.15) is 25.7 Å². The van der Waals surface area contributed by atoms with Gasteiger partial charge in [0.25, 0.3) is 0 Å². The Kier molecular flexibility index (Phi) is 2.59. The van der Waals surface area contributed by atoms with Gasteiger partial charge in [0.1, 0.15) is 5.84 Å². The summed E-state index contributed by atoms with van der Waals surface area (Å²) in [5, 5.41) is 8.09. The number of nitrogens with two attached hydrogens (primary N) is 1. The van der Waals surface area contributed by atoms with Crippen LogP contribution in [0.3, 0.4) is 0 Å². The van der Waals surface area contributed by atoms with E-state index in [4.69, 9.17) is 10.5 Å². The van der Waals surface area contributed by atoms with Crippen LogP contribution < -0.4 is 5.73 Å². The van der Waals surface area contributed by atoms with E-state index in [1.807, 2.05) is 0 Å². The van der Waals surface area contributed by atoms with Gasteiger partial charge in [-0.1, -0.05) is 0 Å². The zero-order valence-corrected chi connectivity index (χ0v) is 7.70. The van der Waals surface area contributed by atoms with E-state index in [2.05, 4.69) is 10.2 Å². The van der Waals surface area contributed by atoms with Gasteiger partial charge in [0.15, 0.2) is 0 Å². The average Bonchev–Trinajstić information content (AvgIpc) is 2.20. The second kappa shape index (κ2) is 3.87. The third kappa shape index (κ3) is 2.06. The molecule has 0 unspecified atom stereocenters. The molecule has 13 heavy (non-hydrogen) atoms. The molecule has 0 radical (unpaired) electrons.